The largest absolute Gasteiger partial charge is 0.497 e. The number of carboxylic acids is 1. The maximum absolute atomic E-state index is 11.9. The lowest BCUT2D eigenvalue weighted by molar-refractivity contribution is -0.138. The molecule has 1 unspecified atom stereocenters. The van der Waals surface area contributed by atoms with Gasteiger partial charge in [-0.15, -0.1) is 0 Å². The lowest BCUT2D eigenvalue weighted by Crippen LogP contribution is -2.14. The fraction of sp³-hybridized carbons (Fsp3) is 0.214. The van der Waals surface area contributed by atoms with Crippen molar-refractivity contribution in [3.8, 4) is 23.0 Å². The molecule has 1 N–H and O–H groups in total. The van der Waals surface area contributed by atoms with Gasteiger partial charge in [0.25, 0.3) is 0 Å². The van der Waals surface area contributed by atoms with E-state index >= 15 is 0 Å². The van der Waals surface area contributed by atoms with Crippen LogP contribution >= 0.6 is 0 Å². The summed E-state index contributed by atoms with van der Waals surface area (Å²) in [6.07, 6.45) is 1.02. The molecule has 0 spiro atoms. The van der Waals surface area contributed by atoms with Gasteiger partial charge in [0.2, 0.25) is 5.89 Å². The number of rotatable bonds is 10. The third kappa shape index (κ3) is 5.64. The van der Waals surface area contributed by atoms with Crippen LogP contribution < -0.4 is 9.47 Å². The molecule has 0 radical (unpaired) electrons. The van der Waals surface area contributed by atoms with Crippen LogP contribution in [0.1, 0.15) is 28.5 Å². The van der Waals surface area contributed by atoms with Crippen molar-refractivity contribution in [3.63, 3.8) is 0 Å². The number of ether oxygens (including phenoxy) is 2. The van der Waals surface area contributed by atoms with E-state index in [1.807, 2.05) is 61.5 Å². The van der Waals surface area contributed by atoms with Crippen molar-refractivity contribution in [1.29, 1.82) is 0 Å². The Morgan fingerprint density at radius 3 is 2.29 bits per heavy atom. The molecule has 0 aliphatic carbocycles. The van der Waals surface area contributed by atoms with Crippen molar-refractivity contribution in [2.24, 2.45) is 0 Å². The Labute approximate surface area is 198 Å². The topological polar surface area (TPSA) is 81.8 Å². The molecule has 1 heterocycles. The second kappa shape index (κ2) is 10.7. The first-order chi connectivity index (χ1) is 16.5. The Balaban J connectivity index is 1.34. The highest BCUT2D eigenvalue weighted by Crippen LogP contribution is 2.25. The van der Waals surface area contributed by atoms with Gasteiger partial charge in [-0.2, -0.15) is 0 Å². The fourth-order valence-corrected chi connectivity index (χ4v) is 3.77. The molecule has 0 fully saturated rings. The first kappa shape index (κ1) is 23.1. The lowest BCUT2D eigenvalue weighted by atomic mass is 9.92. The number of oxazole rings is 1. The Morgan fingerprint density at radius 1 is 0.971 bits per heavy atom. The maximum atomic E-state index is 11.9. The maximum Gasteiger partial charge on any atom is 0.311 e. The van der Waals surface area contributed by atoms with Crippen LogP contribution in [-0.4, -0.2) is 29.8 Å². The Bertz CT molecular complexity index is 1210. The molecule has 0 saturated carbocycles. The fourth-order valence-electron chi connectivity index (χ4n) is 3.77. The number of hydrogen-bond acceptors (Lipinski definition) is 5. The van der Waals surface area contributed by atoms with Gasteiger partial charge in [0.1, 0.15) is 17.3 Å². The monoisotopic (exact) mass is 457 g/mol. The third-order valence-electron chi connectivity index (χ3n) is 5.70. The summed E-state index contributed by atoms with van der Waals surface area (Å²) in [6.45, 7) is 2.37. The second-order valence-corrected chi connectivity index (χ2v) is 8.00. The molecule has 0 bridgehead atoms. The van der Waals surface area contributed by atoms with Gasteiger partial charge in [-0.1, -0.05) is 42.5 Å². The van der Waals surface area contributed by atoms with E-state index in [1.54, 1.807) is 31.4 Å². The lowest BCUT2D eigenvalue weighted by Gasteiger charge is -2.14. The number of methoxy groups -OCH3 is 1. The van der Waals surface area contributed by atoms with Crippen LogP contribution in [0.2, 0.25) is 0 Å². The van der Waals surface area contributed by atoms with E-state index < -0.39 is 11.9 Å². The average molecular weight is 458 g/mol. The third-order valence-corrected chi connectivity index (χ3v) is 5.70. The molecule has 3 aromatic carbocycles. The molecule has 0 amide bonds. The summed E-state index contributed by atoms with van der Waals surface area (Å²) < 4.78 is 16.8. The van der Waals surface area contributed by atoms with Crippen molar-refractivity contribution in [2.75, 3.05) is 13.7 Å². The molecular formula is C28H27NO5. The van der Waals surface area contributed by atoms with E-state index in [-0.39, 0.29) is 0 Å². The molecule has 1 atom stereocenters. The van der Waals surface area contributed by atoms with E-state index in [1.165, 1.54) is 0 Å². The molecule has 0 saturated heterocycles. The highest BCUT2D eigenvalue weighted by atomic mass is 16.5. The molecule has 0 aliphatic heterocycles. The van der Waals surface area contributed by atoms with Crippen LogP contribution in [-0.2, 0) is 17.6 Å². The number of benzene rings is 3. The van der Waals surface area contributed by atoms with Gasteiger partial charge in [0.05, 0.1) is 25.3 Å². The minimum Gasteiger partial charge on any atom is -0.497 e. The molecule has 6 nitrogen and oxygen atoms in total. The molecule has 34 heavy (non-hydrogen) atoms. The standard InChI is InChI=1S/C28H27NO5/c1-19-26(29-27(34-19)22-6-4-3-5-7-22)16-17-33-24-12-8-20(9-13-24)18-25(28(30)31)21-10-14-23(32-2)15-11-21/h3-15,25H,16-18H2,1-2H3,(H,30,31). The second-order valence-electron chi connectivity index (χ2n) is 8.00. The Hall–Kier alpha value is -4.06. The summed E-state index contributed by atoms with van der Waals surface area (Å²) in [6, 6.07) is 24.5. The summed E-state index contributed by atoms with van der Waals surface area (Å²) >= 11 is 0. The van der Waals surface area contributed by atoms with Gasteiger partial charge in [-0.05, 0) is 60.9 Å². The molecule has 0 aliphatic rings. The van der Waals surface area contributed by atoms with Gasteiger partial charge in [0, 0.05) is 12.0 Å². The average Bonchev–Trinajstić information content (AvgIpc) is 3.24. The highest BCUT2D eigenvalue weighted by molar-refractivity contribution is 5.76. The number of aromatic nitrogens is 1. The van der Waals surface area contributed by atoms with Crippen LogP contribution in [0.5, 0.6) is 11.5 Å². The minimum atomic E-state index is -0.858. The normalized spacial score (nSPS) is 11.7. The van der Waals surface area contributed by atoms with E-state index in [9.17, 15) is 9.90 Å². The number of nitrogens with zero attached hydrogens (tertiary/aromatic N) is 1. The summed E-state index contributed by atoms with van der Waals surface area (Å²) in [5.74, 6) is 1.34. The number of carbonyl (C=O) groups is 1. The van der Waals surface area contributed by atoms with Crippen molar-refractivity contribution >= 4 is 5.97 Å². The minimum absolute atomic E-state index is 0.391. The summed E-state index contributed by atoms with van der Waals surface area (Å²) in [5, 5.41) is 9.72. The van der Waals surface area contributed by atoms with Gasteiger partial charge >= 0.3 is 5.97 Å². The zero-order valence-corrected chi connectivity index (χ0v) is 19.2. The number of aryl methyl sites for hydroxylation is 1. The summed E-state index contributed by atoms with van der Waals surface area (Å²) in [5.41, 5.74) is 3.49. The van der Waals surface area contributed by atoms with Gasteiger partial charge < -0.3 is 19.0 Å². The van der Waals surface area contributed by atoms with E-state index in [0.717, 1.165) is 33.9 Å². The van der Waals surface area contributed by atoms with Gasteiger partial charge in [-0.3, -0.25) is 4.79 Å². The van der Waals surface area contributed by atoms with Gasteiger partial charge in [0.15, 0.2) is 0 Å². The first-order valence-electron chi connectivity index (χ1n) is 11.1. The predicted molar refractivity (Wildman–Crippen MR) is 129 cm³/mol. The smallest absolute Gasteiger partial charge is 0.311 e. The molecule has 4 rings (SSSR count). The van der Waals surface area contributed by atoms with Crippen LogP contribution in [0, 0.1) is 6.92 Å². The van der Waals surface area contributed by atoms with Crippen molar-refractivity contribution in [3.05, 3.63) is 101 Å². The Kier molecular flexibility index (Phi) is 7.28. The molecule has 174 valence electrons. The molecular weight excluding hydrogens is 430 g/mol. The SMILES string of the molecule is COc1ccc(C(Cc2ccc(OCCc3nc(-c4ccccc4)oc3C)cc2)C(=O)O)cc1. The summed E-state index contributed by atoms with van der Waals surface area (Å²) in [7, 11) is 1.59. The molecule has 1 aromatic heterocycles. The molecule has 6 heteroatoms. The molecule has 4 aromatic rings. The van der Waals surface area contributed by atoms with E-state index in [2.05, 4.69) is 4.98 Å². The number of hydrogen-bond donors (Lipinski definition) is 1. The zero-order valence-electron chi connectivity index (χ0n) is 19.2. The number of carboxylic acid groups (broad SMARTS) is 1. The first-order valence-corrected chi connectivity index (χ1v) is 11.1. The van der Waals surface area contributed by atoms with Crippen LogP contribution in [0.4, 0.5) is 0 Å². The number of aliphatic carboxylic acids is 1. The van der Waals surface area contributed by atoms with Crippen LogP contribution in [0.15, 0.2) is 83.3 Å². The predicted octanol–water partition coefficient (Wildman–Crippen LogP) is 5.69. The zero-order chi connectivity index (χ0) is 23.9. The Morgan fingerprint density at radius 2 is 1.65 bits per heavy atom. The van der Waals surface area contributed by atoms with Crippen LogP contribution in [0.25, 0.3) is 11.5 Å². The van der Waals surface area contributed by atoms with E-state index in [0.29, 0.717) is 31.1 Å². The van der Waals surface area contributed by atoms with Crippen LogP contribution in [0.3, 0.4) is 0 Å². The van der Waals surface area contributed by atoms with Crippen molar-refractivity contribution in [2.45, 2.75) is 25.7 Å². The summed E-state index contributed by atoms with van der Waals surface area (Å²) in [4.78, 5) is 16.5. The highest BCUT2D eigenvalue weighted by Gasteiger charge is 2.20. The van der Waals surface area contributed by atoms with Crippen molar-refractivity contribution in [1.82, 2.24) is 4.98 Å². The quantitative estimate of drug-likeness (QED) is 0.329. The van der Waals surface area contributed by atoms with Gasteiger partial charge in [-0.25, -0.2) is 4.98 Å². The van der Waals surface area contributed by atoms with E-state index in [4.69, 9.17) is 13.9 Å². The van der Waals surface area contributed by atoms with Crippen molar-refractivity contribution < 1.29 is 23.8 Å².